The van der Waals surface area contributed by atoms with Gasteiger partial charge >= 0.3 is 0 Å². The van der Waals surface area contributed by atoms with E-state index >= 15 is 0 Å². The molecule has 0 fully saturated rings. The first-order chi connectivity index (χ1) is 19.0. The van der Waals surface area contributed by atoms with Crippen molar-refractivity contribution in [3.8, 4) is 68.0 Å². The van der Waals surface area contributed by atoms with Gasteiger partial charge in [0.2, 0.25) is 5.78 Å². The van der Waals surface area contributed by atoms with Crippen LogP contribution in [0.2, 0.25) is 0 Å². The molecule has 1 aliphatic carbocycles. The van der Waals surface area contributed by atoms with Crippen LogP contribution >= 0.6 is 0 Å². The molecule has 0 bridgehead atoms. The molecule has 0 spiro atoms. The van der Waals surface area contributed by atoms with Crippen LogP contribution in [0.15, 0.2) is 42.5 Å². The fraction of sp³-hybridized carbons (Fsp3) is 0.258. The Hall–Kier alpha value is -4.59. The van der Waals surface area contributed by atoms with Gasteiger partial charge in [0.25, 0.3) is 0 Å². The number of aromatic nitrogens is 1. The summed E-state index contributed by atoms with van der Waals surface area (Å²) in [7, 11) is 9.65. The Morgan fingerprint density at radius 2 is 1.10 bits per heavy atom. The van der Waals surface area contributed by atoms with Gasteiger partial charge < -0.3 is 33.0 Å². The number of rotatable bonds is 7. The lowest BCUT2D eigenvalue weighted by atomic mass is 9.90. The van der Waals surface area contributed by atoms with Gasteiger partial charge in [0, 0.05) is 28.8 Å². The monoisotopic (exact) mass is 527 g/mol. The van der Waals surface area contributed by atoms with Crippen molar-refractivity contribution in [2.45, 2.75) is 13.0 Å². The normalized spacial score (nSPS) is 12.7. The first-order valence-corrected chi connectivity index (χ1v) is 12.5. The lowest BCUT2D eigenvalue weighted by molar-refractivity contribution is 0.103. The molecule has 0 amide bonds. The second-order valence-electron chi connectivity index (χ2n) is 9.36. The van der Waals surface area contributed by atoms with Gasteiger partial charge in [0.15, 0.2) is 34.5 Å². The lowest BCUT2D eigenvalue weighted by Gasteiger charge is -2.24. The van der Waals surface area contributed by atoms with Crippen molar-refractivity contribution in [3.05, 3.63) is 59.3 Å². The minimum Gasteiger partial charge on any atom is -0.493 e. The predicted molar refractivity (Wildman–Crippen MR) is 147 cm³/mol. The molecular weight excluding hydrogens is 498 g/mol. The number of methoxy groups -OCH3 is 6. The minimum absolute atomic E-state index is 0.0437. The third-order valence-corrected chi connectivity index (χ3v) is 7.66. The highest BCUT2D eigenvalue weighted by molar-refractivity contribution is 6.25. The second kappa shape index (κ2) is 9.31. The van der Waals surface area contributed by atoms with Crippen LogP contribution in [-0.2, 0) is 13.0 Å². The molecule has 1 aromatic heterocycles. The Balaban J connectivity index is 1.73. The first-order valence-electron chi connectivity index (χ1n) is 12.5. The molecule has 0 saturated carbocycles. The lowest BCUT2D eigenvalue weighted by Crippen LogP contribution is -2.16. The van der Waals surface area contributed by atoms with Gasteiger partial charge in [-0.15, -0.1) is 0 Å². The molecule has 8 heteroatoms. The van der Waals surface area contributed by atoms with E-state index in [1.54, 1.807) is 48.7 Å². The topological polar surface area (TPSA) is 77.4 Å². The summed E-state index contributed by atoms with van der Waals surface area (Å²) in [5.41, 5.74) is 7.80. The van der Waals surface area contributed by atoms with E-state index in [4.69, 9.17) is 28.4 Å². The molecule has 8 nitrogen and oxygen atoms in total. The summed E-state index contributed by atoms with van der Waals surface area (Å²) >= 11 is 0. The number of carbonyl (C=O) groups is 1. The minimum atomic E-state index is -0.0437. The Labute approximate surface area is 226 Å². The van der Waals surface area contributed by atoms with Crippen LogP contribution in [0.1, 0.15) is 21.6 Å². The summed E-state index contributed by atoms with van der Waals surface area (Å²) in [6.07, 6.45) is 0.742. The maximum Gasteiger partial charge on any atom is 0.210 e. The van der Waals surface area contributed by atoms with Gasteiger partial charge in [-0.1, -0.05) is 6.07 Å². The fourth-order valence-electron chi connectivity index (χ4n) is 5.88. The van der Waals surface area contributed by atoms with E-state index < -0.39 is 0 Å². The van der Waals surface area contributed by atoms with Crippen LogP contribution in [0.3, 0.4) is 0 Å². The van der Waals surface area contributed by atoms with Crippen molar-refractivity contribution in [1.29, 1.82) is 0 Å². The van der Waals surface area contributed by atoms with E-state index in [1.165, 1.54) is 0 Å². The van der Waals surface area contributed by atoms with E-state index in [0.29, 0.717) is 52.3 Å². The summed E-state index contributed by atoms with van der Waals surface area (Å²) < 4.78 is 35.7. The van der Waals surface area contributed by atoms with E-state index in [2.05, 4.69) is 4.57 Å². The van der Waals surface area contributed by atoms with E-state index in [1.807, 2.05) is 36.4 Å². The Kier molecular flexibility index (Phi) is 5.90. The van der Waals surface area contributed by atoms with Crippen molar-refractivity contribution in [2.24, 2.45) is 0 Å². The summed E-state index contributed by atoms with van der Waals surface area (Å²) in [4.78, 5) is 14.0. The number of carbonyl (C=O) groups excluding carboxylic acids is 1. The molecule has 0 atom stereocenters. The zero-order valence-electron chi connectivity index (χ0n) is 22.8. The number of aryl methyl sites for hydroxylation is 1. The summed E-state index contributed by atoms with van der Waals surface area (Å²) in [5, 5.41) is 0. The van der Waals surface area contributed by atoms with Crippen molar-refractivity contribution >= 4 is 5.78 Å². The highest BCUT2D eigenvalue weighted by Crippen LogP contribution is 2.54. The fourth-order valence-corrected chi connectivity index (χ4v) is 5.88. The number of benzene rings is 3. The molecule has 0 saturated heterocycles. The predicted octanol–water partition coefficient (Wildman–Crippen LogP) is 5.64. The summed E-state index contributed by atoms with van der Waals surface area (Å²) in [6, 6.07) is 13.5. The molecule has 0 unspecified atom stereocenters. The third kappa shape index (κ3) is 3.47. The van der Waals surface area contributed by atoms with Crippen LogP contribution in [-0.4, -0.2) is 53.0 Å². The Morgan fingerprint density at radius 1 is 0.564 bits per heavy atom. The molecule has 2 aliphatic rings. The number of hydrogen-bond donors (Lipinski definition) is 0. The van der Waals surface area contributed by atoms with Gasteiger partial charge in [0.05, 0.1) is 54.0 Å². The zero-order chi connectivity index (χ0) is 27.4. The van der Waals surface area contributed by atoms with Crippen molar-refractivity contribution in [3.63, 3.8) is 0 Å². The highest BCUT2D eigenvalue weighted by Gasteiger charge is 2.40. The standard InChI is InChI=1S/C31H29NO7/c1-34-21-8-7-17(12-22(21)35-2)27-28-19-14-25(38-5)26(39-6)15-20(19)31(33)30(28)32-10-9-16-11-23(36-3)24(37-4)13-18(16)29(27)32/h7-8,11-15H,9-10H2,1-6H3. The smallest absolute Gasteiger partial charge is 0.210 e. The van der Waals surface area contributed by atoms with Gasteiger partial charge in [-0.2, -0.15) is 0 Å². The molecule has 0 N–H and O–H groups in total. The molecule has 1 aliphatic heterocycles. The molecule has 0 radical (unpaired) electrons. The average molecular weight is 528 g/mol. The summed E-state index contributed by atoms with van der Waals surface area (Å²) in [6.45, 7) is 0.640. The van der Waals surface area contributed by atoms with Crippen LogP contribution in [0.4, 0.5) is 0 Å². The van der Waals surface area contributed by atoms with Crippen LogP contribution in [0.5, 0.6) is 34.5 Å². The largest absolute Gasteiger partial charge is 0.493 e. The van der Waals surface area contributed by atoms with E-state index in [0.717, 1.165) is 45.5 Å². The molecule has 39 heavy (non-hydrogen) atoms. The molecular formula is C31H29NO7. The van der Waals surface area contributed by atoms with Crippen molar-refractivity contribution in [2.75, 3.05) is 42.7 Å². The van der Waals surface area contributed by atoms with Gasteiger partial charge in [0.1, 0.15) is 0 Å². The number of nitrogens with zero attached hydrogens (tertiary/aromatic N) is 1. The SMILES string of the molecule is COc1ccc(-c2c3c(n4c2-c2cc(OC)c(OC)cc2CC4)C(=O)c2cc(OC)c(OC)cc2-3)cc1OC. The maximum atomic E-state index is 14.0. The average Bonchev–Trinajstić information content (AvgIpc) is 3.47. The zero-order valence-corrected chi connectivity index (χ0v) is 22.8. The van der Waals surface area contributed by atoms with Crippen LogP contribution in [0.25, 0.3) is 33.5 Å². The molecule has 4 aromatic rings. The van der Waals surface area contributed by atoms with E-state index in [-0.39, 0.29) is 5.78 Å². The Bertz CT molecular complexity index is 1650. The Morgan fingerprint density at radius 3 is 1.72 bits per heavy atom. The number of hydrogen-bond acceptors (Lipinski definition) is 7. The van der Waals surface area contributed by atoms with Crippen molar-refractivity contribution in [1.82, 2.24) is 4.57 Å². The number of fused-ring (bicyclic) bond motifs is 7. The van der Waals surface area contributed by atoms with Crippen LogP contribution < -0.4 is 28.4 Å². The van der Waals surface area contributed by atoms with Gasteiger partial charge in [-0.3, -0.25) is 4.79 Å². The van der Waals surface area contributed by atoms with Gasteiger partial charge in [-0.25, -0.2) is 0 Å². The molecule has 200 valence electrons. The van der Waals surface area contributed by atoms with E-state index in [9.17, 15) is 4.79 Å². The maximum absolute atomic E-state index is 14.0. The highest BCUT2D eigenvalue weighted by atomic mass is 16.5. The second-order valence-corrected chi connectivity index (χ2v) is 9.36. The summed E-state index contributed by atoms with van der Waals surface area (Å²) in [5.74, 6) is 3.56. The molecule has 3 aromatic carbocycles. The number of ether oxygens (including phenoxy) is 6. The number of ketones is 1. The van der Waals surface area contributed by atoms with Crippen LogP contribution in [0, 0.1) is 0 Å². The third-order valence-electron chi connectivity index (χ3n) is 7.66. The van der Waals surface area contributed by atoms with Gasteiger partial charge in [-0.05, 0) is 59.5 Å². The first kappa shape index (κ1) is 24.7. The quantitative estimate of drug-likeness (QED) is 0.271. The van der Waals surface area contributed by atoms with Crippen molar-refractivity contribution < 1.29 is 33.2 Å². The molecule has 2 heterocycles. The molecule has 6 rings (SSSR count).